The lowest BCUT2D eigenvalue weighted by molar-refractivity contribution is -0.123. The summed E-state index contributed by atoms with van der Waals surface area (Å²) in [5.41, 5.74) is 14.6. The molecular weight excluding hydrogens is 354 g/mol. The molecule has 2 atom stereocenters. The highest BCUT2D eigenvalue weighted by molar-refractivity contribution is 5.97. The summed E-state index contributed by atoms with van der Waals surface area (Å²) < 4.78 is 2.02. The molecular formula is C21H29N5O2. The molecule has 7 nitrogen and oxygen atoms in total. The number of amides is 2. The molecule has 150 valence electrons. The molecule has 1 aliphatic heterocycles. The predicted octanol–water partition coefficient (Wildman–Crippen LogP) is 2.14. The number of hydrogen-bond donors (Lipinski definition) is 4. The fourth-order valence-corrected chi connectivity index (χ4v) is 3.76. The highest BCUT2D eigenvalue weighted by atomic mass is 16.2. The first-order valence-corrected chi connectivity index (χ1v) is 9.72. The summed E-state index contributed by atoms with van der Waals surface area (Å²) >= 11 is 0. The lowest BCUT2D eigenvalue weighted by atomic mass is 10.00. The lowest BCUT2D eigenvalue weighted by Gasteiger charge is -2.13. The normalized spacial score (nSPS) is 19.0. The second-order valence-electron chi connectivity index (χ2n) is 7.80. The van der Waals surface area contributed by atoms with Crippen LogP contribution in [0.1, 0.15) is 48.4 Å². The van der Waals surface area contributed by atoms with E-state index in [0.717, 1.165) is 23.5 Å². The van der Waals surface area contributed by atoms with Crippen molar-refractivity contribution >= 4 is 11.8 Å². The van der Waals surface area contributed by atoms with Crippen LogP contribution in [0.25, 0.3) is 5.69 Å². The van der Waals surface area contributed by atoms with E-state index in [-0.39, 0.29) is 23.9 Å². The molecule has 0 spiro atoms. The van der Waals surface area contributed by atoms with Gasteiger partial charge >= 0.3 is 0 Å². The van der Waals surface area contributed by atoms with Crippen LogP contribution in [0.5, 0.6) is 0 Å². The average Bonchev–Trinajstić information content (AvgIpc) is 3.24. The molecule has 2 amide bonds. The van der Waals surface area contributed by atoms with Crippen molar-refractivity contribution in [2.45, 2.75) is 52.6 Å². The van der Waals surface area contributed by atoms with Crippen molar-refractivity contribution in [1.29, 1.82) is 0 Å². The van der Waals surface area contributed by atoms with Gasteiger partial charge in [-0.05, 0) is 50.8 Å². The van der Waals surface area contributed by atoms with Crippen molar-refractivity contribution in [3.8, 4) is 5.69 Å². The fraction of sp³-hybridized carbons (Fsp3) is 0.429. The van der Waals surface area contributed by atoms with E-state index in [2.05, 4.69) is 35.6 Å². The van der Waals surface area contributed by atoms with Crippen molar-refractivity contribution in [1.82, 2.24) is 26.3 Å². The minimum atomic E-state index is -0.360. The molecule has 3 rings (SSSR count). The third-order valence-electron chi connectivity index (χ3n) is 5.04. The lowest BCUT2D eigenvalue weighted by Crippen LogP contribution is -2.50. The number of aromatic nitrogens is 1. The van der Waals surface area contributed by atoms with Crippen LogP contribution in [0.2, 0.25) is 0 Å². The second-order valence-corrected chi connectivity index (χ2v) is 7.80. The molecule has 1 saturated heterocycles. The van der Waals surface area contributed by atoms with Crippen LogP contribution in [0.15, 0.2) is 36.4 Å². The van der Waals surface area contributed by atoms with Crippen LogP contribution >= 0.6 is 0 Å². The first-order chi connectivity index (χ1) is 13.4. The Morgan fingerprint density at radius 2 is 1.86 bits per heavy atom. The monoisotopic (exact) mass is 383 g/mol. The van der Waals surface area contributed by atoms with Gasteiger partial charge in [0.25, 0.3) is 11.8 Å². The van der Waals surface area contributed by atoms with Gasteiger partial charge in [0.2, 0.25) is 0 Å². The Hall–Kier alpha value is -2.64. The van der Waals surface area contributed by atoms with Gasteiger partial charge in [-0.25, -0.2) is 5.43 Å². The Bertz CT molecular complexity index is 844. The van der Waals surface area contributed by atoms with Gasteiger partial charge in [-0.15, -0.1) is 0 Å². The number of hydrazine groups is 2. The molecule has 2 heterocycles. The minimum Gasteiger partial charge on any atom is -0.318 e. The van der Waals surface area contributed by atoms with E-state index in [4.69, 9.17) is 0 Å². The van der Waals surface area contributed by atoms with Crippen LogP contribution in [0.3, 0.4) is 0 Å². The molecule has 28 heavy (non-hydrogen) atoms. The third-order valence-corrected chi connectivity index (χ3v) is 5.04. The molecule has 0 saturated carbocycles. The van der Waals surface area contributed by atoms with Crippen LogP contribution in [-0.4, -0.2) is 28.5 Å². The highest BCUT2D eigenvalue weighted by Crippen LogP contribution is 2.20. The predicted molar refractivity (Wildman–Crippen MR) is 109 cm³/mol. The number of aryl methyl sites for hydroxylation is 1. The third kappa shape index (κ3) is 4.43. The quantitative estimate of drug-likeness (QED) is 0.596. The van der Waals surface area contributed by atoms with Gasteiger partial charge in [-0.2, -0.15) is 0 Å². The molecule has 1 fully saturated rings. The maximum absolute atomic E-state index is 12.6. The van der Waals surface area contributed by atoms with Gasteiger partial charge in [-0.3, -0.25) is 25.9 Å². The van der Waals surface area contributed by atoms with Gasteiger partial charge in [0.1, 0.15) is 6.04 Å². The van der Waals surface area contributed by atoms with Crippen molar-refractivity contribution in [2.75, 3.05) is 0 Å². The van der Waals surface area contributed by atoms with Gasteiger partial charge in [0.05, 0.1) is 5.56 Å². The number of carbonyl (C=O) groups excluding carboxylic acids is 2. The summed E-state index contributed by atoms with van der Waals surface area (Å²) in [5, 5.41) is 0. The summed E-state index contributed by atoms with van der Waals surface area (Å²) in [5.74, 6) is -0.0158. The maximum Gasteiger partial charge on any atom is 0.271 e. The van der Waals surface area contributed by atoms with E-state index in [1.54, 1.807) is 0 Å². The largest absolute Gasteiger partial charge is 0.318 e. The number of nitrogens with zero attached hydrogens (tertiary/aromatic N) is 1. The number of carbonyl (C=O) groups is 2. The van der Waals surface area contributed by atoms with Crippen molar-refractivity contribution in [3.05, 3.63) is 53.3 Å². The van der Waals surface area contributed by atoms with Crippen molar-refractivity contribution in [2.24, 2.45) is 5.92 Å². The zero-order valence-electron chi connectivity index (χ0n) is 16.9. The maximum atomic E-state index is 12.6. The zero-order valence-corrected chi connectivity index (χ0v) is 16.9. The topological polar surface area (TPSA) is 87.2 Å². The van der Waals surface area contributed by atoms with E-state index >= 15 is 0 Å². The first-order valence-electron chi connectivity index (χ1n) is 9.72. The standard InChI is InChI=1S/C21H29N5O2/c1-13(2)10-16-12-19(23-22-16)21(28)25-24-20(27)18-11-14(3)26(15(18)4)17-8-6-5-7-9-17/h5-9,11,13,16,19,22-23H,10,12H2,1-4H3,(H,24,27)(H,25,28). The summed E-state index contributed by atoms with van der Waals surface area (Å²) in [7, 11) is 0. The molecule has 0 bridgehead atoms. The molecule has 2 unspecified atom stereocenters. The Kier molecular flexibility index (Phi) is 6.16. The number of para-hydroxylation sites is 1. The van der Waals surface area contributed by atoms with E-state index in [9.17, 15) is 9.59 Å². The van der Waals surface area contributed by atoms with Gasteiger partial charge in [-0.1, -0.05) is 32.0 Å². The van der Waals surface area contributed by atoms with Crippen LogP contribution < -0.4 is 21.7 Å². The Morgan fingerprint density at radius 3 is 2.54 bits per heavy atom. The first kappa shape index (κ1) is 20.1. The van der Waals surface area contributed by atoms with Crippen LogP contribution in [0, 0.1) is 19.8 Å². The number of hydrogen-bond acceptors (Lipinski definition) is 4. The molecule has 4 N–H and O–H groups in total. The molecule has 1 aromatic carbocycles. The minimum absolute atomic E-state index is 0.246. The Labute approximate surface area is 165 Å². The van der Waals surface area contributed by atoms with Crippen molar-refractivity contribution in [3.63, 3.8) is 0 Å². The van der Waals surface area contributed by atoms with E-state index in [1.807, 2.05) is 54.8 Å². The van der Waals surface area contributed by atoms with Gasteiger partial charge in [0, 0.05) is 23.1 Å². The zero-order chi connectivity index (χ0) is 20.3. The van der Waals surface area contributed by atoms with Crippen molar-refractivity contribution < 1.29 is 9.59 Å². The van der Waals surface area contributed by atoms with Gasteiger partial charge in [0.15, 0.2) is 0 Å². The van der Waals surface area contributed by atoms with Gasteiger partial charge < -0.3 is 4.57 Å². The number of rotatable bonds is 5. The van der Waals surface area contributed by atoms with Crippen LogP contribution in [0.4, 0.5) is 0 Å². The highest BCUT2D eigenvalue weighted by Gasteiger charge is 2.29. The summed E-state index contributed by atoms with van der Waals surface area (Å²) in [6.07, 6.45) is 1.69. The number of nitrogens with one attached hydrogen (secondary N) is 4. The molecule has 0 aliphatic carbocycles. The van der Waals surface area contributed by atoms with E-state index in [1.165, 1.54) is 0 Å². The SMILES string of the molecule is Cc1cc(C(=O)NNC(=O)C2CC(CC(C)C)NN2)c(C)n1-c1ccccc1. The molecule has 1 aromatic heterocycles. The summed E-state index contributed by atoms with van der Waals surface area (Å²) in [4.78, 5) is 25.0. The fourth-order valence-electron chi connectivity index (χ4n) is 3.76. The van der Waals surface area contributed by atoms with E-state index < -0.39 is 0 Å². The average molecular weight is 383 g/mol. The van der Waals surface area contributed by atoms with E-state index in [0.29, 0.717) is 17.9 Å². The molecule has 0 radical (unpaired) electrons. The Balaban J connectivity index is 1.61. The second kappa shape index (κ2) is 8.58. The molecule has 2 aromatic rings. The molecule has 7 heteroatoms. The molecule has 1 aliphatic rings. The summed E-state index contributed by atoms with van der Waals surface area (Å²) in [6.45, 7) is 8.16. The van der Waals surface area contributed by atoms with Crippen LogP contribution in [-0.2, 0) is 4.79 Å². The summed E-state index contributed by atoms with van der Waals surface area (Å²) in [6, 6.07) is 11.6. The smallest absolute Gasteiger partial charge is 0.271 e. The number of benzene rings is 1. The Morgan fingerprint density at radius 1 is 1.14 bits per heavy atom.